The molecule has 2 aromatic carbocycles. The molecule has 0 radical (unpaired) electrons. The number of carbonyl (C=O) groups excluding carboxylic acids is 3. The molecule has 0 aliphatic carbocycles. The number of rotatable bonds is 6. The number of likely N-dealkylation sites (tertiary alicyclic amines) is 1. The summed E-state index contributed by atoms with van der Waals surface area (Å²) in [5.41, 5.74) is 1.73. The Hall–Kier alpha value is -3.42. The highest BCUT2D eigenvalue weighted by Crippen LogP contribution is 2.22. The van der Waals surface area contributed by atoms with Crippen LogP contribution in [0.2, 0.25) is 0 Å². The zero-order chi connectivity index (χ0) is 22.7. The Morgan fingerprint density at radius 3 is 2.22 bits per heavy atom. The van der Waals surface area contributed by atoms with Crippen molar-refractivity contribution >= 4 is 23.3 Å². The number of Topliss-reactive ketones (excluding diaryl/α,β-unsaturated/α-hetero) is 1. The maximum absolute atomic E-state index is 13.6. The molecule has 2 aromatic rings. The summed E-state index contributed by atoms with van der Waals surface area (Å²) in [6.07, 6.45) is 0. The molecule has 0 N–H and O–H groups in total. The SMILES string of the molecule is CC(=O)c1ccc(N2CCN(C(=O)C3CN(C(=O)COc4ccccc4F)C3)CC2)cc1. The fraction of sp³-hybridized carbons (Fsp3) is 0.375. The molecule has 8 heteroatoms. The van der Waals surface area contributed by atoms with Crippen molar-refractivity contribution in [3.63, 3.8) is 0 Å². The third-order valence-corrected chi connectivity index (χ3v) is 6.00. The van der Waals surface area contributed by atoms with Gasteiger partial charge < -0.3 is 19.4 Å². The topological polar surface area (TPSA) is 70.2 Å². The van der Waals surface area contributed by atoms with Crippen LogP contribution in [0.5, 0.6) is 5.75 Å². The average Bonchev–Trinajstić information content (AvgIpc) is 2.77. The molecule has 2 heterocycles. The van der Waals surface area contributed by atoms with Gasteiger partial charge in [-0.15, -0.1) is 0 Å². The minimum Gasteiger partial charge on any atom is -0.481 e. The number of anilines is 1. The number of benzene rings is 2. The highest BCUT2D eigenvalue weighted by molar-refractivity contribution is 5.94. The van der Waals surface area contributed by atoms with Crippen molar-refractivity contribution in [1.82, 2.24) is 9.80 Å². The molecule has 7 nitrogen and oxygen atoms in total. The molecule has 2 aliphatic rings. The van der Waals surface area contributed by atoms with E-state index >= 15 is 0 Å². The number of halogens is 1. The van der Waals surface area contributed by atoms with Gasteiger partial charge in [-0.1, -0.05) is 12.1 Å². The molecule has 0 spiro atoms. The number of amides is 2. The molecular formula is C24H26FN3O4. The number of hydrogen-bond acceptors (Lipinski definition) is 5. The van der Waals surface area contributed by atoms with E-state index in [0.29, 0.717) is 31.7 Å². The first-order chi connectivity index (χ1) is 15.4. The summed E-state index contributed by atoms with van der Waals surface area (Å²) in [5.74, 6) is -0.812. The summed E-state index contributed by atoms with van der Waals surface area (Å²) in [4.78, 5) is 42.1. The fourth-order valence-corrected chi connectivity index (χ4v) is 3.98. The van der Waals surface area contributed by atoms with E-state index < -0.39 is 5.82 Å². The van der Waals surface area contributed by atoms with Gasteiger partial charge in [-0.05, 0) is 43.3 Å². The van der Waals surface area contributed by atoms with Gasteiger partial charge in [0.2, 0.25) is 5.91 Å². The minimum atomic E-state index is -0.508. The molecule has 32 heavy (non-hydrogen) atoms. The predicted molar refractivity (Wildman–Crippen MR) is 117 cm³/mol. The fourth-order valence-electron chi connectivity index (χ4n) is 3.98. The van der Waals surface area contributed by atoms with Gasteiger partial charge in [0, 0.05) is 50.5 Å². The molecule has 2 aliphatic heterocycles. The van der Waals surface area contributed by atoms with E-state index in [0.717, 1.165) is 18.8 Å². The zero-order valence-electron chi connectivity index (χ0n) is 18.0. The van der Waals surface area contributed by atoms with Crippen LogP contribution < -0.4 is 9.64 Å². The van der Waals surface area contributed by atoms with Crippen molar-refractivity contribution in [2.75, 3.05) is 50.8 Å². The van der Waals surface area contributed by atoms with Crippen LogP contribution in [0.25, 0.3) is 0 Å². The van der Waals surface area contributed by atoms with E-state index in [1.165, 1.54) is 12.1 Å². The molecule has 2 fully saturated rings. The Morgan fingerprint density at radius 1 is 0.938 bits per heavy atom. The number of ether oxygens (including phenoxy) is 1. The first-order valence-corrected chi connectivity index (χ1v) is 10.7. The Labute approximate surface area is 186 Å². The summed E-state index contributed by atoms with van der Waals surface area (Å²) in [6.45, 7) is 4.71. The van der Waals surface area contributed by atoms with Gasteiger partial charge in [-0.2, -0.15) is 0 Å². The molecule has 0 bridgehead atoms. The van der Waals surface area contributed by atoms with Gasteiger partial charge in [-0.3, -0.25) is 14.4 Å². The number of hydrogen-bond donors (Lipinski definition) is 0. The molecule has 168 valence electrons. The van der Waals surface area contributed by atoms with Gasteiger partial charge in [-0.25, -0.2) is 4.39 Å². The number of nitrogens with zero attached hydrogens (tertiary/aromatic N) is 3. The third-order valence-electron chi connectivity index (χ3n) is 6.00. The lowest BCUT2D eigenvalue weighted by Gasteiger charge is -2.43. The quantitative estimate of drug-likeness (QED) is 0.646. The average molecular weight is 439 g/mol. The first-order valence-electron chi connectivity index (χ1n) is 10.7. The number of carbonyl (C=O) groups is 3. The number of ketones is 1. The zero-order valence-corrected chi connectivity index (χ0v) is 18.0. The summed E-state index contributed by atoms with van der Waals surface area (Å²) < 4.78 is 18.8. The lowest BCUT2D eigenvalue weighted by Crippen LogP contribution is -2.59. The van der Waals surface area contributed by atoms with Gasteiger partial charge in [0.25, 0.3) is 5.91 Å². The van der Waals surface area contributed by atoms with Crippen LogP contribution in [0.1, 0.15) is 17.3 Å². The molecule has 0 atom stereocenters. The van der Waals surface area contributed by atoms with Crippen molar-refractivity contribution in [3.05, 3.63) is 59.9 Å². The lowest BCUT2D eigenvalue weighted by molar-refractivity contribution is -0.149. The van der Waals surface area contributed by atoms with Crippen LogP contribution in [0.15, 0.2) is 48.5 Å². The molecular weight excluding hydrogens is 413 g/mol. The van der Waals surface area contributed by atoms with Gasteiger partial charge in [0.05, 0.1) is 5.92 Å². The summed E-state index contributed by atoms with van der Waals surface area (Å²) in [6, 6.07) is 13.5. The van der Waals surface area contributed by atoms with E-state index in [1.54, 1.807) is 24.0 Å². The van der Waals surface area contributed by atoms with Crippen LogP contribution in [-0.2, 0) is 9.59 Å². The van der Waals surface area contributed by atoms with E-state index in [4.69, 9.17) is 4.74 Å². The molecule has 0 unspecified atom stereocenters. The van der Waals surface area contributed by atoms with Crippen LogP contribution >= 0.6 is 0 Å². The van der Waals surface area contributed by atoms with E-state index in [9.17, 15) is 18.8 Å². The van der Waals surface area contributed by atoms with Crippen molar-refractivity contribution in [3.8, 4) is 5.75 Å². The van der Waals surface area contributed by atoms with Crippen molar-refractivity contribution < 1.29 is 23.5 Å². The number of para-hydroxylation sites is 1. The van der Waals surface area contributed by atoms with Crippen molar-refractivity contribution in [1.29, 1.82) is 0 Å². The first kappa shape index (κ1) is 21.8. The van der Waals surface area contributed by atoms with E-state index in [-0.39, 0.29) is 35.9 Å². The highest BCUT2D eigenvalue weighted by Gasteiger charge is 2.38. The smallest absolute Gasteiger partial charge is 0.260 e. The van der Waals surface area contributed by atoms with Gasteiger partial charge in [0.1, 0.15) is 0 Å². The Bertz CT molecular complexity index is 997. The molecule has 4 rings (SSSR count). The van der Waals surface area contributed by atoms with Crippen molar-refractivity contribution in [2.24, 2.45) is 5.92 Å². The largest absolute Gasteiger partial charge is 0.481 e. The minimum absolute atomic E-state index is 0.0405. The third kappa shape index (κ3) is 4.74. The standard InChI is InChI=1S/C24H26FN3O4/c1-17(29)18-6-8-20(9-7-18)26-10-12-27(13-11-26)24(31)19-14-28(15-19)23(30)16-32-22-5-3-2-4-21(22)25/h2-9,19H,10-16H2,1H3. The second kappa shape index (κ2) is 9.38. The van der Waals surface area contributed by atoms with Crippen LogP contribution in [-0.4, -0.2) is 73.3 Å². The predicted octanol–water partition coefficient (Wildman–Crippen LogP) is 2.21. The van der Waals surface area contributed by atoms with Crippen LogP contribution in [0.3, 0.4) is 0 Å². The molecule has 0 aromatic heterocycles. The summed E-state index contributed by atoms with van der Waals surface area (Å²) in [7, 11) is 0. The monoisotopic (exact) mass is 439 g/mol. The maximum atomic E-state index is 13.6. The van der Waals surface area contributed by atoms with Crippen LogP contribution in [0.4, 0.5) is 10.1 Å². The van der Waals surface area contributed by atoms with E-state index in [2.05, 4.69) is 4.90 Å². The Morgan fingerprint density at radius 2 is 1.59 bits per heavy atom. The number of piperazine rings is 1. The highest BCUT2D eigenvalue weighted by atomic mass is 19.1. The Kier molecular flexibility index (Phi) is 6.39. The normalized spacial score (nSPS) is 16.5. The van der Waals surface area contributed by atoms with E-state index in [1.807, 2.05) is 29.2 Å². The second-order valence-corrected chi connectivity index (χ2v) is 8.13. The molecule has 0 saturated carbocycles. The summed E-state index contributed by atoms with van der Waals surface area (Å²) in [5, 5.41) is 0. The second-order valence-electron chi connectivity index (χ2n) is 8.13. The maximum Gasteiger partial charge on any atom is 0.260 e. The van der Waals surface area contributed by atoms with Gasteiger partial charge in [0.15, 0.2) is 24.0 Å². The van der Waals surface area contributed by atoms with Crippen molar-refractivity contribution in [2.45, 2.75) is 6.92 Å². The molecule has 2 amide bonds. The molecule has 2 saturated heterocycles. The van der Waals surface area contributed by atoms with Gasteiger partial charge >= 0.3 is 0 Å². The Balaban J connectivity index is 1.20. The summed E-state index contributed by atoms with van der Waals surface area (Å²) >= 11 is 0. The van der Waals surface area contributed by atoms with Crippen LogP contribution in [0, 0.1) is 11.7 Å². The lowest BCUT2D eigenvalue weighted by atomic mass is 9.98.